The molecule has 0 aromatic heterocycles. The summed E-state index contributed by atoms with van der Waals surface area (Å²) in [5, 5.41) is 13.5. The zero-order valence-electron chi connectivity index (χ0n) is 15.0. The summed E-state index contributed by atoms with van der Waals surface area (Å²) in [5.41, 5.74) is 1.75. The summed E-state index contributed by atoms with van der Waals surface area (Å²) in [5.74, 6) is -2.84. The Labute approximate surface area is 165 Å². The first-order valence-electron chi connectivity index (χ1n) is 9.15. The average Bonchev–Trinajstić information content (AvgIpc) is 3.22. The Bertz CT molecular complexity index is 1120. The van der Waals surface area contributed by atoms with Gasteiger partial charge in [0, 0.05) is 23.9 Å². The van der Waals surface area contributed by atoms with Crippen LogP contribution >= 0.6 is 0 Å². The number of amides is 2. The van der Waals surface area contributed by atoms with E-state index in [4.69, 9.17) is 0 Å². The average molecular weight is 389 g/mol. The fourth-order valence-electron chi connectivity index (χ4n) is 4.72. The molecule has 0 radical (unpaired) electrons. The smallest absolute Gasteiger partial charge is 0.270 e. The number of fused-ring (bicyclic) bond motifs is 5. The highest BCUT2D eigenvalue weighted by molar-refractivity contribution is 6.12. The van der Waals surface area contributed by atoms with Crippen molar-refractivity contribution >= 4 is 29.4 Å². The van der Waals surface area contributed by atoms with Crippen LogP contribution in [0.4, 0.5) is 5.69 Å². The summed E-state index contributed by atoms with van der Waals surface area (Å²) < 4.78 is 0. The Morgan fingerprint density at radius 1 is 1.03 bits per heavy atom. The molecule has 2 amide bonds. The molecule has 3 aliphatic heterocycles. The minimum Gasteiger partial charge on any atom is -0.358 e. The molecule has 2 aromatic carbocycles. The third-order valence-electron chi connectivity index (χ3n) is 5.91. The first kappa shape index (κ1) is 17.3. The number of nitrogens with zero attached hydrogens (tertiary/aromatic N) is 2. The van der Waals surface area contributed by atoms with Gasteiger partial charge in [0.2, 0.25) is 11.8 Å². The molecule has 4 atom stereocenters. The van der Waals surface area contributed by atoms with Crippen molar-refractivity contribution in [1.82, 2.24) is 10.2 Å². The van der Waals surface area contributed by atoms with E-state index in [1.807, 2.05) is 30.3 Å². The molecule has 0 bridgehead atoms. The minimum atomic E-state index is -0.914. The van der Waals surface area contributed by atoms with Crippen LogP contribution in [0.1, 0.15) is 27.5 Å². The van der Waals surface area contributed by atoms with E-state index in [0.717, 1.165) is 11.1 Å². The molecule has 2 aromatic rings. The van der Waals surface area contributed by atoms with Gasteiger partial charge < -0.3 is 4.90 Å². The molecular weight excluding hydrogens is 374 g/mol. The number of ketones is 1. The predicted molar refractivity (Wildman–Crippen MR) is 101 cm³/mol. The van der Waals surface area contributed by atoms with Crippen molar-refractivity contribution < 1.29 is 19.3 Å². The van der Waals surface area contributed by atoms with Crippen LogP contribution in [-0.2, 0) is 9.59 Å². The van der Waals surface area contributed by atoms with E-state index >= 15 is 0 Å². The zero-order valence-corrected chi connectivity index (χ0v) is 15.0. The number of benzene rings is 2. The predicted octanol–water partition coefficient (Wildman–Crippen LogP) is 2.08. The molecule has 144 valence electrons. The van der Waals surface area contributed by atoms with Crippen LogP contribution in [-0.4, -0.2) is 33.5 Å². The van der Waals surface area contributed by atoms with Crippen LogP contribution in [0.25, 0.3) is 6.08 Å². The molecular formula is C21H15N3O5. The maximum Gasteiger partial charge on any atom is 0.270 e. The standard InChI is InChI=1S/C21H15N3O5/c25-19(12-5-3-6-13(10-12)24(28)29)18-16-15(20(26)22-21(16)27)17-14-7-2-1-4-11(14)8-9-23(17)18/h1-10,15-18H,(H,22,26,27). The van der Waals surface area contributed by atoms with E-state index < -0.39 is 46.4 Å². The largest absolute Gasteiger partial charge is 0.358 e. The maximum atomic E-state index is 13.4. The van der Waals surface area contributed by atoms with Crippen LogP contribution in [0.5, 0.6) is 0 Å². The molecule has 1 N–H and O–H groups in total. The van der Waals surface area contributed by atoms with Crippen molar-refractivity contribution in [2.24, 2.45) is 11.8 Å². The Kier molecular flexibility index (Phi) is 3.64. The van der Waals surface area contributed by atoms with Crippen molar-refractivity contribution in [2.45, 2.75) is 12.1 Å². The van der Waals surface area contributed by atoms with Crippen molar-refractivity contribution in [2.75, 3.05) is 0 Å². The number of hydrogen-bond acceptors (Lipinski definition) is 6. The summed E-state index contributed by atoms with van der Waals surface area (Å²) in [6.07, 6.45) is 3.59. The molecule has 0 saturated carbocycles. The normalized spacial score (nSPS) is 26.6. The molecule has 5 rings (SSSR count). The summed E-state index contributed by atoms with van der Waals surface area (Å²) in [6.45, 7) is 0. The molecule has 0 aliphatic carbocycles. The van der Waals surface area contributed by atoms with Gasteiger partial charge in [-0.25, -0.2) is 0 Å². The second-order valence-electron chi connectivity index (χ2n) is 7.36. The van der Waals surface area contributed by atoms with Crippen LogP contribution in [0.2, 0.25) is 0 Å². The molecule has 0 spiro atoms. The molecule has 2 fully saturated rings. The van der Waals surface area contributed by atoms with E-state index in [-0.39, 0.29) is 11.3 Å². The van der Waals surface area contributed by atoms with E-state index in [9.17, 15) is 24.5 Å². The molecule has 3 heterocycles. The zero-order chi connectivity index (χ0) is 20.3. The second-order valence-corrected chi connectivity index (χ2v) is 7.36. The van der Waals surface area contributed by atoms with E-state index in [2.05, 4.69) is 5.32 Å². The monoisotopic (exact) mass is 389 g/mol. The van der Waals surface area contributed by atoms with Crippen LogP contribution in [0.3, 0.4) is 0 Å². The van der Waals surface area contributed by atoms with E-state index in [0.29, 0.717) is 0 Å². The van der Waals surface area contributed by atoms with Gasteiger partial charge in [0.05, 0.1) is 22.8 Å². The van der Waals surface area contributed by atoms with Crippen molar-refractivity contribution in [3.8, 4) is 0 Å². The van der Waals surface area contributed by atoms with Crippen LogP contribution in [0.15, 0.2) is 54.7 Å². The lowest BCUT2D eigenvalue weighted by molar-refractivity contribution is -0.384. The van der Waals surface area contributed by atoms with Gasteiger partial charge in [-0.15, -0.1) is 0 Å². The number of nitrogens with one attached hydrogen (secondary N) is 1. The van der Waals surface area contributed by atoms with Gasteiger partial charge in [-0.3, -0.25) is 29.8 Å². The third-order valence-corrected chi connectivity index (χ3v) is 5.91. The highest BCUT2D eigenvalue weighted by Crippen LogP contribution is 2.51. The molecule has 2 saturated heterocycles. The highest BCUT2D eigenvalue weighted by Gasteiger charge is 2.61. The van der Waals surface area contributed by atoms with Gasteiger partial charge in [0.25, 0.3) is 5.69 Å². The number of hydrogen-bond donors (Lipinski definition) is 1. The van der Waals surface area contributed by atoms with Crippen LogP contribution in [0, 0.1) is 22.0 Å². The lowest BCUT2D eigenvalue weighted by atomic mass is 9.83. The van der Waals surface area contributed by atoms with Gasteiger partial charge in [0.15, 0.2) is 5.78 Å². The highest BCUT2D eigenvalue weighted by atomic mass is 16.6. The Morgan fingerprint density at radius 3 is 2.59 bits per heavy atom. The van der Waals surface area contributed by atoms with Gasteiger partial charge in [-0.1, -0.05) is 36.4 Å². The topological polar surface area (TPSA) is 110 Å². The second kappa shape index (κ2) is 6.10. The molecule has 8 heteroatoms. The number of nitro benzene ring substituents is 1. The minimum absolute atomic E-state index is 0.142. The SMILES string of the molecule is O=C1NC(=O)C2C1C(C(=O)c1cccc([N+](=O)[O-])c1)N1C=Cc3ccccc3C21. The van der Waals surface area contributed by atoms with Crippen molar-refractivity contribution in [1.29, 1.82) is 0 Å². The Balaban J connectivity index is 1.63. The molecule has 8 nitrogen and oxygen atoms in total. The number of rotatable bonds is 3. The lowest BCUT2D eigenvalue weighted by Gasteiger charge is -2.34. The number of nitro groups is 1. The molecule has 29 heavy (non-hydrogen) atoms. The fraction of sp³-hybridized carbons (Fsp3) is 0.190. The maximum absolute atomic E-state index is 13.4. The molecule has 4 unspecified atom stereocenters. The van der Waals surface area contributed by atoms with Gasteiger partial charge in [0.1, 0.15) is 6.04 Å². The summed E-state index contributed by atoms with van der Waals surface area (Å²) in [4.78, 5) is 50.9. The van der Waals surface area contributed by atoms with Crippen LogP contribution < -0.4 is 5.32 Å². The Morgan fingerprint density at radius 2 is 1.79 bits per heavy atom. The lowest BCUT2D eigenvalue weighted by Crippen LogP contribution is -2.42. The fourth-order valence-corrected chi connectivity index (χ4v) is 4.72. The van der Waals surface area contributed by atoms with Gasteiger partial charge >= 0.3 is 0 Å². The summed E-state index contributed by atoms with van der Waals surface area (Å²) in [7, 11) is 0. The number of non-ortho nitro benzene ring substituents is 1. The first-order valence-corrected chi connectivity index (χ1v) is 9.15. The first-order chi connectivity index (χ1) is 14.0. The number of carbonyl (C=O) groups excluding carboxylic acids is 3. The van der Waals surface area contributed by atoms with Gasteiger partial charge in [-0.05, 0) is 17.2 Å². The number of carbonyl (C=O) groups is 3. The van der Waals surface area contributed by atoms with Crippen molar-refractivity contribution in [3.05, 3.63) is 81.5 Å². The van der Waals surface area contributed by atoms with Gasteiger partial charge in [-0.2, -0.15) is 0 Å². The quantitative estimate of drug-likeness (QED) is 0.373. The molecule has 3 aliphatic rings. The van der Waals surface area contributed by atoms with Crippen molar-refractivity contribution in [3.63, 3.8) is 0 Å². The summed E-state index contributed by atoms with van der Waals surface area (Å²) >= 11 is 0. The Hall–Kier alpha value is -3.81. The third kappa shape index (κ3) is 2.42. The van der Waals surface area contributed by atoms with E-state index in [1.54, 1.807) is 11.1 Å². The summed E-state index contributed by atoms with van der Waals surface area (Å²) in [6, 6.07) is 11.6. The van der Waals surface area contributed by atoms with E-state index in [1.165, 1.54) is 24.3 Å². The number of imide groups is 1. The number of Topliss-reactive ketones (excluding diaryl/α,β-unsaturated/α-hetero) is 1.